The Labute approximate surface area is 212 Å². The summed E-state index contributed by atoms with van der Waals surface area (Å²) in [5, 5.41) is 3.27. The first kappa shape index (κ1) is 24.3. The molecular weight excluding hydrogens is 506 g/mol. The molecule has 0 spiro atoms. The van der Waals surface area contributed by atoms with Crippen molar-refractivity contribution in [2.24, 2.45) is 0 Å². The van der Waals surface area contributed by atoms with Gasteiger partial charge in [-0.25, -0.2) is 33.3 Å². The molecule has 0 bridgehead atoms. The van der Waals surface area contributed by atoms with Gasteiger partial charge in [-0.15, -0.1) is 0 Å². The zero-order valence-electron chi connectivity index (χ0n) is 19.6. The number of aromatic amines is 1. The molecule has 4 aromatic heterocycles. The van der Waals surface area contributed by atoms with Crippen molar-refractivity contribution in [2.45, 2.75) is 13.5 Å². The Balaban J connectivity index is 1.57. The molecule has 4 aromatic rings. The van der Waals surface area contributed by atoms with Crippen molar-refractivity contribution in [1.29, 1.82) is 0 Å². The van der Waals surface area contributed by atoms with Crippen LogP contribution in [0.3, 0.4) is 0 Å². The fourth-order valence-corrected chi connectivity index (χ4v) is 4.72. The van der Waals surface area contributed by atoms with E-state index in [1.807, 2.05) is 13.0 Å². The summed E-state index contributed by atoms with van der Waals surface area (Å²) < 4.78 is 31.3. The summed E-state index contributed by atoms with van der Waals surface area (Å²) in [5.74, 6) is 1.08. The van der Waals surface area contributed by atoms with Crippen LogP contribution in [0.25, 0.3) is 22.4 Å². The van der Waals surface area contributed by atoms with Crippen LogP contribution in [0, 0.1) is 6.92 Å². The average Bonchev–Trinajstić information content (AvgIpc) is 3.30. The first-order valence-electron chi connectivity index (χ1n) is 11.1. The standard InChI is InChI=1S/C22H24ClN9O3S/c1-13-28-18(19-22(29-13)27-12-26-19)16-7-14(11-32-3-5-35-6-4-32)9-25-21(16)30-15-8-17(20(23)24-10-15)31-36(2,33)34/h7-10,12,31H,3-6,11H2,1-2H3,(H,25,30)(H,26,27,28,29). The molecule has 188 valence electrons. The SMILES string of the molecule is Cc1nc(-c2cc(CN3CCOCC3)cnc2Nc2cnc(Cl)c(NS(C)(=O)=O)c2)c2[nH]cnc2n1. The predicted octanol–water partition coefficient (Wildman–Crippen LogP) is 2.72. The molecule has 0 unspecified atom stereocenters. The summed E-state index contributed by atoms with van der Waals surface area (Å²) in [4.78, 5) is 27.6. The minimum atomic E-state index is -3.54. The number of halogens is 1. The van der Waals surface area contributed by atoms with Crippen molar-refractivity contribution >= 4 is 50.0 Å². The van der Waals surface area contributed by atoms with Gasteiger partial charge in [0.25, 0.3) is 0 Å². The van der Waals surface area contributed by atoms with Crippen molar-refractivity contribution in [2.75, 3.05) is 42.6 Å². The van der Waals surface area contributed by atoms with Crippen molar-refractivity contribution in [3.05, 3.63) is 47.4 Å². The summed E-state index contributed by atoms with van der Waals surface area (Å²) in [6, 6.07) is 3.59. The summed E-state index contributed by atoms with van der Waals surface area (Å²) in [6.45, 7) is 5.62. The third-order valence-electron chi connectivity index (χ3n) is 5.50. The van der Waals surface area contributed by atoms with Crippen molar-refractivity contribution in [1.82, 2.24) is 34.8 Å². The molecule has 1 aliphatic heterocycles. The molecule has 1 aliphatic rings. The second kappa shape index (κ2) is 9.93. The van der Waals surface area contributed by atoms with Gasteiger partial charge in [-0.1, -0.05) is 11.6 Å². The van der Waals surface area contributed by atoms with Crippen molar-refractivity contribution < 1.29 is 13.2 Å². The van der Waals surface area contributed by atoms with E-state index in [0.29, 0.717) is 53.9 Å². The minimum absolute atomic E-state index is 0.0330. The normalized spacial score (nSPS) is 14.8. The molecule has 1 saturated heterocycles. The number of fused-ring (bicyclic) bond motifs is 1. The first-order chi connectivity index (χ1) is 17.2. The molecule has 5 rings (SSSR count). The van der Waals surface area contributed by atoms with E-state index in [-0.39, 0.29) is 10.8 Å². The summed E-state index contributed by atoms with van der Waals surface area (Å²) in [5.41, 5.74) is 4.26. The molecule has 1 fully saturated rings. The summed E-state index contributed by atoms with van der Waals surface area (Å²) in [6.07, 6.45) is 5.93. The molecule has 14 heteroatoms. The lowest BCUT2D eigenvalue weighted by Crippen LogP contribution is -2.35. The molecule has 0 aromatic carbocycles. The largest absolute Gasteiger partial charge is 0.379 e. The number of nitrogens with one attached hydrogen (secondary N) is 3. The van der Waals surface area contributed by atoms with E-state index in [4.69, 9.17) is 21.3 Å². The topological polar surface area (TPSA) is 151 Å². The maximum Gasteiger partial charge on any atom is 0.229 e. The molecule has 36 heavy (non-hydrogen) atoms. The van der Waals surface area contributed by atoms with Crippen molar-refractivity contribution in [3.8, 4) is 11.3 Å². The van der Waals surface area contributed by atoms with Crippen molar-refractivity contribution in [3.63, 3.8) is 0 Å². The van der Waals surface area contributed by atoms with Gasteiger partial charge < -0.3 is 15.0 Å². The highest BCUT2D eigenvalue weighted by Gasteiger charge is 2.19. The molecule has 0 aliphatic carbocycles. The van der Waals surface area contributed by atoms with E-state index in [1.54, 1.807) is 18.6 Å². The second-order valence-corrected chi connectivity index (χ2v) is 10.5. The lowest BCUT2D eigenvalue weighted by Gasteiger charge is -2.26. The van der Waals surface area contributed by atoms with E-state index >= 15 is 0 Å². The maximum absolute atomic E-state index is 11.7. The van der Waals surface area contributed by atoms with Crippen LogP contribution in [-0.2, 0) is 21.3 Å². The number of rotatable bonds is 7. The lowest BCUT2D eigenvalue weighted by molar-refractivity contribution is 0.0341. The highest BCUT2D eigenvalue weighted by Crippen LogP contribution is 2.33. The zero-order valence-corrected chi connectivity index (χ0v) is 21.2. The van der Waals surface area contributed by atoms with Gasteiger partial charge in [0.2, 0.25) is 10.0 Å². The number of aromatic nitrogens is 6. The van der Waals surface area contributed by atoms with Gasteiger partial charge >= 0.3 is 0 Å². The van der Waals surface area contributed by atoms with Gasteiger partial charge in [-0.3, -0.25) is 9.62 Å². The number of morpholine rings is 1. The second-order valence-electron chi connectivity index (χ2n) is 8.41. The van der Waals surface area contributed by atoms with E-state index in [1.165, 1.54) is 6.20 Å². The van der Waals surface area contributed by atoms with Gasteiger partial charge in [0.05, 0.1) is 43.4 Å². The predicted molar refractivity (Wildman–Crippen MR) is 137 cm³/mol. The first-order valence-corrected chi connectivity index (χ1v) is 13.4. The van der Waals surface area contributed by atoms with Crippen LogP contribution in [0.4, 0.5) is 17.2 Å². The third-order valence-corrected chi connectivity index (χ3v) is 6.40. The van der Waals surface area contributed by atoms with Gasteiger partial charge in [0.1, 0.15) is 22.9 Å². The Bertz CT molecular complexity index is 1520. The third kappa shape index (κ3) is 5.54. The molecule has 0 atom stereocenters. The van der Waals surface area contributed by atoms with Crippen LogP contribution in [0.2, 0.25) is 5.15 Å². The molecule has 0 radical (unpaired) electrons. The number of hydrogen-bond donors (Lipinski definition) is 3. The Morgan fingerprint density at radius 2 is 1.94 bits per heavy atom. The Hall–Kier alpha value is -3.39. The Morgan fingerprint density at radius 3 is 2.72 bits per heavy atom. The van der Waals surface area contributed by atoms with Crippen LogP contribution in [0.15, 0.2) is 30.9 Å². The van der Waals surface area contributed by atoms with Gasteiger partial charge in [-0.2, -0.15) is 0 Å². The minimum Gasteiger partial charge on any atom is -0.379 e. The van der Waals surface area contributed by atoms with Crippen LogP contribution in [0.1, 0.15) is 11.4 Å². The summed E-state index contributed by atoms with van der Waals surface area (Å²) in [7, 11) is -3.54. The molecule has 5 heterocycles. The monoisotopic (exact) mass is 529 g/mol. The number of imidazole rings is 1. The Kier molecular flexibility index (Phi) is 6.71. The molecule has 0 saturated carbocycles. The summed E-state index contributed by atoms with van der Waals surface area (Å²) >= 11 is 6.09. The highest BCUT2D eigenvalue weighted by molar-refractivity contribution is 7.92. The van der Waals surface area contributed by atoms with E-state index < -0.39 is 10.0 Å². The van der Waals surface area contributed by atoms with E-state index in [9.17, 15) is 8.42 Å². The number of sulfonamides is 1. The number of nitrogens with zero attached hydrogens (tertiary/aromatic N) is 6. The highest BCUT2D eigenvalue weighted by atomic mass is 35.5. The lowest BCUT2D eigenvalue weighted by atomic mass is 10.1. The van der Waals surface area contributed by atoms with Gasteiger partial charge in [0, 0.05) is 31.4 Å². The van der Waals surface area contributed by atoms with Gasteiger partial charge in [0.15, 0.2) is 10.8 Å². The van der Waals surface area contributed by atoms with Crippen LogP contribution >= 0.6 is 11.6 Å². The van der Waals surface area contributed by atoms with Gasteiger partial charge in [-0.05, 0) is 24.6 Å². The molecular formula is C22H24ClN9O3S. The van der Waals surface area contributed by atoms with Crippen LogP contribution < -0.4 is 10.0 Å². The number of ether oxygens (including phenoxy) is 1. The number of anilines is 3. The molecule has 12 nitrogen and oxygen atoms in total. The van der Waals surface area contributed by atoms with E-state index in [0.717, 1.165) is 30.5 Å². The number of H-pyrrole nitrogens is 1. The van der Waals surface area contributed by atoms with Crippen LogP contribution in [0.5, 0.6) is 0 Å². The quantitative estimate of drug-likeness (QED) is 0.305. The maximum atomic E-state index is 11.7. The number of hydrogen-bond acceptors (Lipinski definition) is 10. The van der Waals surface area contributed by atoms with Crippen LogP contribution in [-0.4, -0.2) is 75.8 Å². The zero-order chi connectivity index (χ0) is 25.3. The average molecular weight is 530 g/mol. The fourth-order valence-electron chi connectivity index (χ4n) is 3.95. The number of pyridine rings is 2. The molecule has 3 N–H and O–H groups in total. The van der Waals surface area contributed by atoms with E-state index in [2.05, 4.69) is 39.9 Å². The fraction of sp³-hybridized carbons (Fsp3) is 0.318. The smallest absolute Gasteiger partial charge is 0.229 e. The molecule has 0 amide bonds. The Morgan fingerprint density at radius 1 is 1.14 bits per heavy atom. The number of aryl methyl sites for hydroxylation is 1.